The van der Waals surface area contributed by atoms with Gasteiger partial charge in [0.15, 0.2) is 5.78 Å². The van der Waals surface area contributed by atoms with E-state index in [1.807, 2.05) is 84.9 Å². The minimum atomic E-state index is -0.693. The summed E-state index contributed by atoms with van der Waals surface area (Å²) in [5, 5.41) is 7.89. The zero-order valence-electron chi connectivity index (χ0n) is 24.5. The van der Waals surface area contributed by atoms with Crippen LogP contribution in [0.4, 0.5) is 0 Å². The number of nitrogens with one attached hydrogen (secondary N) is 2. The number of rotatable bonds is 14. The summed E-state index contributed by atoms with van der Waals surface area (Å²) in [6.45, 7) is 19.1. The predicted octanol–water partition coefficient (Wildman–Crippen LogP) is 5.95. The largest absolute Gasteiger partial charge is 0.457 e. The molecule has 0 aromatic heterocycles. The highest BCUT2D eigenvalue weighted by molar-refractivity contribution is 8.05. The number of thioether (sulfide) groups is 1. The first-order valence-corrected chi connectivity index (χ1v) is 13.9. The van der Waals surface area contributed by atoms with E-state index >= 15 is 0 Å². The lowest BCUT2D eigenvalue weighted by Gasteiger charge is -2.37. The molecule has 2 N–H and O–H groups in total. The maximum Gasteiger partial charge on any atom is 0.333 e. The number of hydrogen-bond acceptors (Lipinski definition) is 6. The summed E-state index contributed by atoms with van der Waals surface area (Å²) in [5.41, 5.74) is 0.465. The summed E-state index contributed by atoms with van der Waals surface area (Å²) in [5.74, 6) is -1.13. The highest BCUT2D eigenvalue weighted by Crippen LogP contribution is 2.29. The van der Waals surface area contributed by atoms with Crippen molar-refractivity contribution in [1.82, 2.24) is 10.6 Å². The number of carbonyl (C=O) groups excluding carboxylic acids is 3. The summed E-state index contributed by atoms with van der Waals surface area (Å²) in [7, 11) is 1.76. The fourth-order valence-corrected chi connectivity index (χ4v) is 4.65. The molecule has 210 valence electrons. The topological polar surface area (TPSA) is 84.5 Å². The first-order chi connectivity index (χ1) is 17.7. The van der Waals surface area contributed by atoms with Gasteiger partial charge in [0.25, 0.3) is 0 Å². The third kappa shape index (κ3) is 9.59. The smallest absolute Gasteiger partial charge is 0.333 e. The Balaban J connectivity index is 2.98. The number of amides is 1. The van der Waals surface area contributed by atoms with Crippen LogP contribution in [-0.4, -0.2) is 43.4 Å². The molecule has 1 amide bonds. The summed E-state index contributed by atoms with van der Waals surface area (Å²) in [6, 6.07) is 8.62. The predicted molar refractivity (Wildman–Crippen MR) is 159 cm³/mol. The van der Waals surface area contributed by atoms with Crippen molar-refractivity contribution in [3.63, 3.8) is 0 Å². The van der Waals surface area contributed by atoms with Crippen LogP contribution in [0.2, 0.25) is 0 Å². The number of ether oxygens (including phenoxy) is 1. The number of allylic oxidation sites excluding steroid dienone is 2. The van der Waals surface area contributed by atoms with E-state index in [0.717, 1.165) is 10.5 Å². The Bertz CT molecular complexity index is 1020. The van der Waals surface area contributed by atoms with Gasteiger partial charge in [-0.25, -0.2) is 4.79 Å². The van der Waals surface area contributed by atoms with Crippen LogP contribution in [0.25, 0.3) is 0 Å². The highest BCUT2D eigenvalue weighted by Gasteiger charge is 2.40. The molecule has 0 aliphatic carbocycles. The molecule has 0 fully saturated rings. The number of ketones is 1. The maximum atomic E-state index is 13.6. The Morgan fingerprint density at radius 3 is 2.18 bits per heavy atom. The van der Waals surface area contributed by atoms with Crippen molar-refractivity contribution in [2.75, 3.05) is 13.7 Å². The number of esters is 1. The van der Waals surface area contributed by atoms with Crippen LogP contribution in [0, 0.1) is 11.3 Å². The summed E-state index contributed by atoms with van der Waals surface area (Å²) in [6.07, 6.45) is 3.97. The Morgan fingerprint density at radius 2 is 1.68 bits per heavy atom. The molecule has 2 unspecified atom stereocenters. The minimum Gasteiger partial charge on any atom is -0.457 e. The van der Waals surface area contributed by atoms with Crippen molar-refractivity contribution >= 4 is 29.4 Å². The molecule has 6 nitrogen and oxygen atoms in total. The standard InChI is InChI=1S/C31H46N2O4S/c1-11-24(38-12-2)20-37-29(36)22(4)19-18-21(3)25(34)26(30(5,6)7)33-28(35)27(32-10)31(8,9)23-16-14-13-15-17-23/h11-17,19,21,26-27,32H,2,18,20H2,1,3-10H3,(H,33,35)/b22-19+,24-11-/t21?,26?,27-/m1/s1. The second-order valence-corrected chi connectivity index (χ2v) is 12.3. The van der Waals surface area contributed by atoms with Gasteiger partial charge in [-0.15, -0.1) is 0 Å². The molecule has 1 rings (SSSR count). The van der Waals surface area contributed by atoms with Gasteiger partial charge in [-0.1, -0.05) is 102 Å². The van der Waals surface area contributed by atoms with Gasteiger partial charge in [0.1, 0.15) is 6.61 Å². The second kappa shape index (κ2) is 15.1. The average Bonchev–Trinajstić information content (AvgIpc) is 2.87. The second-order valence-electron chi connectivity index (χ2n) is 11.2. The van der Waals surface area contributed by atoms with Crippen LogP contribution < -0.4 is 10.6 Å². The van der Waals surface area contributed by atoms with Crippen molar-refractivity contribution in [1.29, 1.82) is 0 Å². The number of Topliss-reactive ketones (excluding diaryl/α,β-unsaturated/α-hetero) is 1. The van der Waals surface area contributed by atoms with Crippen molar-refractivity contribution in [3.8, 4) is 0 Å². The molecule has 0 spiro atoms. The van der Waals surface area contributed by atoms with Crippen LogP contribution in [0.3, 0.4) is 0 Å². The molecular formula is C31H46N2O4S. The molecule has 0 aliphatic heterocycles. The Kier molecular flexibility index (Phi) is 13.2. The lowest BCUT2D eigenvalue weighted by molar-refractivity contribution is -0.138. The van der Waals surface area contributed by atoms with E-state index in [4.69, 9.17) is 4.74 Å². The quantitative estimate of drug-likeness (QED) is 0.223. The third-order valence-electron chi connectivity index (χ3n) is 6.71. The Hall–Kier alpha value is -2.64. The van der Waals surface area contributed by atoms with Gasteiger partial charge in [0.2, 0.25) is 5.91 Å². The number of carbonyl (C=O) groups is 3. The molecule has 3 atom stereocenters. The zero-order valence-corrected chi connectivity index (χ0v) is 25.3. The van der Waals surface area contributed by atoms with Crippen LogP contribution in [0.1, 0.15) is 67.4 Å². The van der Waals surface area contributed by atoms with E-state index in [1.54, 1.807) is 25.5 Å². The normalized spacial score (nSPS) is 15.3. The van der Waals surface area contributed by atoms with Gasteiger partial charge >= 0.3 is 5.97 Å². The molecule has 0 heterocycles. The molecule has 0 radical (unpaired) electrons. The zero-order chi connectivity index (χ0) is 29.1. The average molecular weight is 543 g/mol. The lowest BCUT2D eigenvalue weighted by atomic mass is 9.76. The summed E-state index contributed by atoms with van der Waals surface area (Å²) < 4.78 is 5.37. The SMILES string of the molecule is C=CS/C(=C\C)COC(=O)/C(C)=C/CC(C)C(=O)C(NC(=O)[C@@H](NC)C(C)(C)c1ccccc1)C(C)(C)C. The fourth-order valence-electron chi connectivity index (χ4n) is 4.17. The van der Waals surface area contributed by atoms with Crippen molar-refractivity contribution in [2.45, 2.75) is 79.3 Å². The van der Waals surface area contributed by atoms with Gasteiger partial charge < -0.3 is 15.4 Å². The van der Waals surface area contributed by atoms with E-state index in [0.29, 0.717) is 12.0 Å². The van der Waals surface area contributed by atoms with Crippen molar-refractivity contribution in [2.24, 2.45) is 11.3 Å². The van der Waals surface area contributed by atoms with Gasteiger partial charge in [0, 0.05) is 21.8 Å². The fraction of sp³-hybridized carbons (Fsp3) is 0.516. The van der Waals surface area contributed by atoms with Crippen LogP contribution in [0.15, 0.2) is 64.9 Å². The lowest BCUT2D eigenvalue weighted by Crippen LogP contribution is -2.59. The highest BCUT2D eigenvalue weighted by atomic mass is 32.2. The number of likely N-dealkylation sites (N-methyl/N-ethyl adjacent to an activating group) is 1. The van der Waals surface area contributed by atoms with Crippen molar-refractivity contribution < 1.29 is 19.1 Å². The molecule has 0 bridgehead atoms. The number of benzene rings is 1. The molecule has 38 heavy (non-hydrogen) atoms. The molecular weight excluding hydrogens is 496 g/mol. The molecule has 0 saturated heterocycles. The van der Waals surface area contributed by atoms with E-state index in [1.165, 1.54) is 11.8 Å². The van der Waals surface area contributed by atoms with E-state index in [9.17, 15) is 14.4 Å². The monoisotopic (exact) mass is 542 g/mol. The molecule has 7 heteroatoms. The number of hydrogen-bond donors (Lipinski definition) is 2. The molecule has 1 aromatic carbocycles. The van der Waals surface area contributed by atoms with Gasteiger partial charge in [-0.05, 0) is 43.7 Å². The molecule has 0 saturated carbocycles. The van der Waals surface area contributed by atoms with Crippen LogP contribution in [-0.2, 0) is 24.5 Å². The van der Waals surface area contributed by atoms with Gasteiger partial charge in [-0.2, -0.15) is 0 Å². The molecule has 0 aliphatic rings. The van der Waals surface area contributed by atoms with Gasteiger partial charge in [-0.3, -0.25) is 9.59 Å². The van der Waals surface area contributed by atoms with E-state index < -0.39 is 34.8 Å². The van der Waals surface area contributed by atoms with E-state index in [2.05, 4.69) is 17.2 Å². The van der Waals surface area contributed by atoms with Crippen LogP contribution >= 0.6 is 11.8 Å². The summed E-state index contributed by atoms with van der Waals surface area (Å²) >= 11 is 1.41. The summed E-state index contributed by atoms with van der Waals surface area (Å²) in [4.78, 5) is 40.4. The Morgan fingerprint density at radius 1 is 1.08 bits per heavy atom. The first-order valence-electron chi connectivity index (χ1n) is 13.0. The Labute approximate surface area is 233 Å². The molecule has 1 aromatic rings. The minimum absolute atomic E-state index is 0.0748. The van der Waals surface area contributed by atoms with Gasteiger partial charge in [0.05, 0.1) is 12.1 Å². The first kappa shape index (κ1) is 33.4. The van der Waals surface area contributed by atoms with Crippen LogP contribution in [0.5, 0.6) is 0 Å². The van der Waals surface area contributed by atoms with E-state index in [-0.39, 0.29) is 18.3 Å². The van der Waals surface area contributed by atoms with Crippen molar-refractivity contribution in [3.05, 3.63) is 70.5 Å². The third-order valence-corrected chi connectivity index (χ3v) is 7.54. The maximum absolute atomic E-state index is 13.6.